The van der Waals surface area contributed by atoms with E-state index in [4.69, 9.17) is 14.7 Å². The number of hydrogen-bond donors (Lipinski definition) is 1. The minimum Gasteiger partial charge on any atom is -0.454 e. The molecule has 2 aromatic rings. The van der Waals surface area contributed by atoms with Gasteiger partial charge in [-0.25, -0.2) is 0 Å². The molecule has 0 fully saturated rings. The number of amides is 1. The molecule has 100 valence electrons. The SMILES string of the molecule is Cn1ncc(C#N)c1NC(=O)c1ccc2c(c1)OCO2. The molecule has 3 rings (SSSR count). The van der Waals surface area contributed by atoms with Crippen molar-refractivity contribution in [2.45, 2.75) is 0 Å². The molecule has 20 heavy (non-hydrogen) atoms. The average molecular weight is 270 g/mol. The number of hydrogen-bond acceptors (Lipinski definition) is 5. The first-order chi connectivity index (χ1) is 9.69. The fraction of sp³-hybridized carbons (Fsp3) is 0.154. The topological polar surface area (TPSA) is 89.2 Å². The van der Waals surface area contributed by atoms with E-state index in [0.29, 0.717) is 28.4 Å². The molecular weight excluding hydrogens is 260 g/mol. The Morgan fingerprint density at radius 3 is 3.05 bits per heavy atom. The highest BCUT2D eigenvalue weighted by atomic mass is 16.7. The Labute approximate surface area is 114 Å². The van der Waals surface area contributed by atoms with Crippen molar-refractivity contribution in [3.05, 3.63) is 35.5 Å². The Morgan fingerprint density at radius 2 is 2.25 bits per heavy atom. The monoisotopic (exact) mass is 270 g/mol. The fourth-order valence-electron chi connectivity index (χ4n) is 1.89. The van der Waals surface area contributed by atoms with Gasteiger partial charge >= 0.3 is 0 Å². The van der Waals surface area contributed by atoms with Crippen molar-refractivity contribution >= 4 is 11.7 Å². The van der Waals surface area contributed by atoms with Crippen LogP contribution in [0.1, 0.15) is 15.9 Å². The van der Waals surface area contributed by atoms with E-state index in [1.165, 1.54) is 10.9 Å². The molecule has 1 aromatic heterocycles. The first-order valence-corrected chi connectivity index (χ1v) is 5.82. The summed E-state index contributed by atoms with van der Waals surface area (Å²) >= 11 is 0. The van der Waals surface area contributed by atoms with Crippen LogP contribution in [0.2, 0.25) is 0 Å². The number of nitriles is 1. The van der Waals surface area contributed by atoms with Crippen molar-refractivity contribution in [1.29, 1.82) is 5.26 Å². The molecule has 0 aliphatic carbocycles. The quantitative estimate of drug-likeness (QED) is 0.887. The van der Waals surface area contributed by atoms with Crippen LogP contribution in [0.25, 0.3) is 0 Å². The lowest BCUT2D eigenvalue weighted by atomic mass is 10.2. The maximum atomic E-state index is 12.2. The highest BCUT2D eigenvalue weighted by molar-refractivity contribution is 6.04. The lowest BCUT2D eigenvalue weighted by Crippen LogP contribution is -2.15. The van der Waals surface area contributed by atoms with E-state index < -0.39 is 0 Å². The number of carbonyl (C=O) groups excluding carboxylic acids is 1. The summed E-state index contributed by atoms with van der Waals surface area (Å²) in [6.45, 7) is 0.153. The van der Waals surface area contributed by atoms with Gasteiger partial charge in [0, 0.05) is 12.6 Å². The van der Waals surface area contributed by atoms with Gasteiger partial charge in [-0.15, -0.1) is 0 Å². The Kier molecular flexibility index (Phi) is 2.76. The zero-order chi connectivity index (χ0) is 14.1. The fourth-order valence-corrected chi connectivity index (χ4v) is 1.89. The molecule has 1 aliphatic rings. The predicted octanol–water partition coefficient (Wildman–Crippen LogP) is 1.27. The molecule has 1 amide bonds. The van der Waals surface area contributed by atoms with Gasteiger partial charge in [0.1, 0.15) is 17.5 Å². The summed E-state index contributed by atoms with van der Waals surface area (Å²) in [6, 6.07) is 6.87. The van der Waals surface area contributed by atoms with Crippen molar-refractivity contribution in [1.82, 2.24) is 9.78 Å². The minimum absolute atomic E-state index is 0.153. The van der Waals surface area contributed by atoms with E-state index in [1.807, 2.05) is 6.07 Å². The maximum absolute atomic E-state index is 12.2. The third-order valence-corrected chi connectivity index (χ3v) is 2.93. The number of nitrogens with one attached hydrogen (secondary N) is 1. The third-order valence-electron chi connectivity index (χ3n) is 2.93. The molecule has 1 aromatic carbocycles. The van der Waals surface area contributed by atoms with Crippen molar-refractivity contribution in [3.63, 3.8) is 0 Å². The molecule has 2 heterocycles. The second kappa shape index (κ2) is 4.59. The molecule has 1 N–H and O–H groups in total. The molecule has 0 unspecified atom stereocenters. The van der Waals surface area contributed by atoms with Gasteiger partial charge in [0.25, 0.3) is 5.91 Å². The molecule has 0 bridgehead atoms. The standard InChI is InChI=1S/C13H10N4O3/c1-17-12(9(5-14)6-15-17)16-13(18)8-2-3-10-11(4-8)20-7-19-10/h2-4,6H,7H2,1H3,(H,16,18). The van der Waals surface area contributed by atoms with E-state index in [1.54, 1.807) is 25.2 Å². The molecule has 0 atom stereocenters. The van der Waals surface area contributed by atoms with E-state index in [2.05, 4.69) is 10.4 Å². The molecule has 0 spiro atoms. The van der Waals surface area contributed by atoms with E-state index in [0.717, 1.165) is 0 Å². The van der Waals surface area contributed by atoms with Gasteiger partial charge in [0.15, 0.2) is 11.5 Å². The van der Waals surface area contributed by atoms with Gasteiger partial charge in [-0.05, 0) is 18.2 Å². The van der Waals surface area contributed by atoms with Gasteiger partial charge in [0.05, 0.1) is 6.20 Å². The molecular formula is C13H10N4O3. The summed E-state index contributed by atoms with van der Waals surface area (Å²) in [5.74, 6) is 1.15. The van der Waals surface area contributed by atoms with Crippen molar-refractivity contribution in [3.8, 4) is 17.6 Å². The number of fused-ring (bicyclic) bond motifs is 1. The van der Waals surface area contributed by atoms with Gasteiger partial charge in [-0.2, -0.15) is 10.4 Å². The van der Waals surface area contributed by atoms with Crippen molar-refractivity contribution < 1.29 is 14.3 Å². The Hall–Kier alpha value is -3.01. The number of anilines is 1. The number of benzene rings is 1. The summed E-state index contributed by atoms with van der Waals surface area (Å²) in [6.07, 6.45) is 1.40. The number of aromatic nitrogens is 2. The number of ether oxygens (including phenoxy) is 2. The summed E-state index contributed by atoms with van der Waals surface area (Å²) in [5.41, 5.74) is 0.723. The maximum Gasteiger partial charge on any atom is 0.256 e. The lowest BCUT2D eigenvalue weighted by molar-refractivity contribution is 0.102. The second-order valence-electron chi connectivity index (χ2n) is 4.16. The number of nitrogens with zero attached hydrogens (tertiary/aromatic N) is 3. The smallest absolute Gasteiger partial charge is 0.256 e. The Bertz CT molecular complexity index is 730. The van der Waals surface area contributed by atoms with E-state index in [-0.39, 0.29) is 12.7 Å². The largest absolute Gasteiger partial charge is 0.454 e. The highest BCUT2D eigenvalue weighted by Gasteiger charge is 2.18. The first kappa shape index (κ1) is 12.0. The molecule has 7 heteroatoms. The highest BCUT2D eigenvalue weighted by Crippen LogP contribution is 2.32. The van der Waals surface area contributed by atoms with Gasteiger partial charge in [0.2, 0.25) is 6.79 Å². The number of aryl methyl sites for hydroxylation is 1. The number of carbonyl (C=O) groups is 1. The van der Waals surface area contributed by atoms with E-state index in [9.17, 15) is 4.79 Å². The van der Waals surface area contributed by atoms with Gasteiger partial charge < -0.3 is 14.8 Å². The molecule has 0 saturated heterocycles. The van der Waals surface area contributed by atoms with Crippen LogP contribution in [-0.2, 0) is 7.05 Å². The minimum atomic E-state index is -0.344. The van der Waals surface area contributed by atoms with Crippen LogP contribution in [0.15, 0.2) is 24.4 Å². The zero-order valence-electron chi connectivity index (χ0n) is 10.6. The van der Waals surface area contributed by atoms with Crippen LogP contribution in [0.5, 0.6) is 11.5 Å². The van der Waals surface area contributed by atoms with Gasteiger partial charge in [-0.1, -0.05) is 0 Å². The Balaban J connectivity index is 1.87. The first-order valence-electron chi connectivity index (χ1n) is 5.82. The Morgan fingerprint density at radius 1 is 1.45 bits per heavy atom. The zero-order valence-corrected chi connectivity index (χ0v) is 10.6. The molecule has 0 radical (unpaired) electrons. The average Bonchev–Trinajstić information content (AvgIpc) is 3.05. The summed E-state index contributed by atoms with van der Waals surface area (Å²) in [4.78, 5) is 12.2. The molecule has 1 aliphatic heterocycles. The van der Waals surface area contributed by atoms with Crippen LogP contribution in [0.3, 0.4) is 0 Å². The number of rotatable bonds is 2. The third kappa shape index (κ3) is 1.93. The van der Waals surface area contributed by atoms with Crippen LogP contribution in [0.4, 0.5) is 5.82 Å². The normalized spacial score (nSPS) is 12.0. The molecule has 7 nitrogen and oxygen atoms in total. The van der Waals surface area contributed by atoms with Crippen molar-refractivity contribution in [2.24, 2.45) is 7.05 Å². The summed E-state index contributed by atoms with van der Waals surface area (Å²) in [5, 5.41) is 15.5. The predicted molar refractivity (Wildman–Crippen MR) is 68.4 cm³/mol. The van der Waals surface area contributed by atoms with Gasteiger partial charge in [-0.3, -0.25) is 9.48 Å². The van der Waals surface area contributed by atoms with Crippen LogP contribution in [-0.4, -0.2) is 22.5 Å². The second-order valence-corrected chi connectivity index (χ2v) is 4.16. The summed E-state index contributed by atoms with van der Waals surface area (Å²) in [7, 11) is 1.65. The summed E-state index contributed by atoms with van der Waals surface area (Å²) < 4.78 is 11.8. The van der Waals surface area contributed by atoms with Crippen LogP contribution < -0.4 is 14.8 Å². The van der Waals surface area contributed by atoms with E-state index >= 15 is 0 Å². The van der Waals surface area contributed by atoms with Crippen LogP contribution >= 0.6 is 0 Å². The van der Waals surface area contributed by atoms with Crippen LogP contribution in [0, 0.1) is 11.3 Å². The lowest BCUT2D eigenvalue weighted by Gasteiger charge is -2.06. The molecule has 0 saturated carbocycles. The van der Waals surface area contributed by atoms with Crippen molar-refractivity contribution in [2.75, 3.05) is 12.1 Å².